The van der Waals surface area contributed by atoms with Gasteiger partial charge in [-0.05, 0) is 6.92 Å². The molecule has 0 radical (unpaired) electrons. The minimum atomic E-state index is 0.103. The molecule has 64 valence electrons. The quantitative estimate of drug-likeness (QED) is 0.684. The number of carbonyl (C=O) groups excluding carboxylic acids is 1. The summed E-state index contributed by atoms with van der Waals surface area (Å²) in [5, 5.41) is 2.84. The first-order chi connectivity index (χ1) is 5.07. The molecule has 0 saturated heterocycles. The second-order valence-corrected chi connectivity index (χ2v) is 4.06. The molecule has 1 N–H and O–H groups in total. The van der Waals surface area contributed by atoms with E-state index in [9.17, 15) is 4.79 Å². The Labute approximate surface area is 77.1 Å². The van der Waals surface area contributed by atoms with Crippen LogP contribution in [0.15, 0.2) is 0 Å². The van der Waals surface area contributed by atoms with Crippen molar-refractivity contribution in [3.05, 3.63) is 0 Å². The third kappa shape index (κ3) is 5.21. The maximum Gasteiger partial charge on any atom is 0.133 e. The van der Waals surface area contributed by atoms with Crippen molar-refractivity contribution in [2.75, 3.05) is 12.8 Å². The minimum absolute atomic E-state index is 0.103. The van der Waals surface area contributed by atoms with Crippen LogP contribution < -0.4 is 5.32 Å². The molecule has 0 aromatic carbocycles. The van der Waals surface area contributed by atoms with Crippen molar-refractivity contribution in [1.29, 1.82) is 0 Å². The van der Waals surface area contributed by atoms with Gasteiger partial charge in [0.15, 0.2) is 0 Å². The fourth-order valence-electron chi connectivity index (χ4n) is 0.390. The van der Waals surface area contributed by atoms with Crippen LogP contribution in [0.1, 0.15) is 13.8 Å². The Hall–Kier alpha value is -0.0900. The average Bonchev–Trinajstić information content (AvgIpc) is 1.99. The highest BCUT2D eigenvalue weighted by Gasteiger charge is 2.07. The van der Waals surface area contributed by atoms with Crippen LogP contribution in [0.4, 0.5) is 0 Å². The van der Waals surface area contributed by atoms with Gasteiger partial charge in [0, 0.05) is 18.7 Å². The Morgan fingerprint density at radius 1 is 1.73 bits per heavy atom. The SMILES string of the molecule is CNC(=S)SCC(C)C(C)=O. The maximum atomic E-state index is 10.8. The lowest BCUT2D eigenvalue weighted by Crippen LogP contribution is -2.16. The van der Waals surface area contributed by atoms with Crippen LogP contribution in [0.3, 0.4) is 0 Å². The van der Waals surface area contributed by atoms with E-state index < -0.39 is 0 Å². The maximum absolute atomic E-state index is 10.8. The largest absolute Gasteiger partial charge is 0.374 e. The Bertz CT molecular complexity index is 159. The molecule has 0 amide bonds. The lowest BCUT2D eigenvalue weighted by atomic mass is 10.1. The first kappa shape index (κ1) is 10.9. The number of thiocarbonyl (C=S) groups is 1. The molecule has 4 heteroatoms. The molecule has 0 aromatic heterocycles. The van der Waals surface area contributed by atoms with Crippen molar-refractivity contribution < 1.29 is 4.79 Å². The summed E-state index contributed by atoms with van der Waals surface area (Å²) in [6.45, 7) is 3.52. The molecular weight excluding hydrogens is 178 g/mol. The summed E-state index contributed by atoms with van der Waals surface area (Å²) in [4.78, 5) is 10.8. The number of ketones is 1. The van der Waals surface area contributed by atoms with Gasteiger partial charge in [0.2, 0.25) is 0 Å². The Morgan fingerprint density at radius 2 is 2.27 bits per heavy atom. The van der Waals surface area contributed by atoms with Crippen LogP contribution in [0, 0.1) is 5.92 Å². The van der Waals surface area contributed by atoms with Crippen molar-refractivity contribution in [2.45, 2.75) is 13.8 Å². The van der Waals surface area contributed by atoms with Crippen molar-refractivity contribution in [3.63, 3.8) is 0 Å². The molecule has 0 bridgehead atoms. The topological polar surface area (TPSA) is 29.1 Å². The van der Waals surface area contributed by atoms with Crippen molar-refractivity contribution in [1.82, 2.24) is 5.32 Å². The van der Waals surface area contributed by atoms with Crippen molar-refractivity contribution >= 4 is 34.1 Å². The molecule has 0 heterocycles. The standard InChI is InChI=1S/C7H13NOS2/c1-5(6(2)9)4-11-7(10)8-3/h5H,4H2,1-3H3,(H,8,10). The highest BCUT2D eigenvalue weighted by Crippen LogP contribution is 2.09. The Kier molecular flexibility index (Phi) is 5.50. The number of thioether (sulfide) groups is 1. The average molecular weight is 191 g/mol. The van der Waals surface area contributed by atoms with Gasteiger partial charge >= 0.3 is 0 Å². The summed E-state index contributed by atoms with van der Waals surface area (Å²) in [5.41, 5.74) is 0. The number of hydrogen-bond acceptors (Lipinski definition) is 3. The summed E-state index contributed by atoms with van der Waals surface area (Å²) in [5.74, 6) is 1.09. The number of hydrogen-bond donors (Lipinski definition) is 1. The van der Waals surface area contributed by atoms with Gasteiger partial charge in [-0.15, -0.1) is 0 Å². The molecule has 1 unspecified atom stereocenters. The minimum Gasteiger partial charge on any atom is -0.374 e. The van der Waals surface area contributed by atoms with Gasteiger partial charge in [0.1, 0.15) is 10.1 Å². The molecule has 0 fully saturated rings. The summed E-state index contributed by atoms with van der Waals surface area (Å²) < 4.78 is 0.748. The number of Topliss-reactive ketones (excluding diaryl/α,β-unsaturated/α-hetero) is 1. The third-order valence-electron chi connectivity index (χ3n) is 1.36. The van der Waals surface area contributed by atoms with Gasteiger partial charge in [0.25, 0.3) is 0 Å². The van der Waals surface area contributed by atoms with E-state index in [2.05, 4.69) is 5.32 Å². The second kappa shape index (κ2) is 5.55. The highest BCUT2D eigenvalue weighted by atomic mass is 32.2. The van der Waals surface area contributed by atoms with Gasteiger partial charge in [-0.25, -0.2) is 0 Å². The van der Waals surface area contributed by atoms with E-state index in [0.717, 1.165) is 10.1 Å². The molecule has 0 spiro atoms. The lowest BCUT2D eigenvalue weighted by Gasteiger charge is -2.06. The number of carbonyl (C=O) groups is 1. The molecule has 0 aliphatic heterocycles. The smallest absolute Gasteiger partial charge is 0.133 e. The van der Waals surface area contributed by atoms with Crippen LogP contribution in [0.2, 0.25) is 0 Å². The zero-order valence-electron chi connectivity index (χ0n) is 7.01. The van der Waals surface area contributed by atoms with Crippen LogP contribution in [0.5, 0.6) is 0 Å². The van der Waals surface area contributed by atoms with E-state index in [1.54, 1.807) is 14.0 Å². The molecule has 0 rings (SSSR count). The van der Waals surface area contributed by atoms with E-state index in [4.69, 9.17) is 12.2 Å². The zero-order chi connectivity index (χ0) is 8.85. The Morgan fingerprint density at radius 3 is 2.64 bits per heavy atom. The van der Waals surface area contributed by atoms with E-state index >= 15 is 0 Å². The van der Waals surface area contributed by atoms with E-state index in [0.29, 0.717) is 0 Å². The molecule has 0 aliphatic carbocycles. The predicted octanol–water partition coefficient (Wildman–Crippen LogP) is 1.45. The summed E-state index contributed by atoms with van der Waals surface area (Å²) in [6, 6.07) is 0. The summed E-state index contributed by atoms with van der Waals surface area (Å²) in [6.07, 6.45) is 0. The van der Waals surface area contributed by atoms with Gasteiger partial charge < -0.3 is 5.32 Å². The molecule has 2 nitrogen and oxygen atoms in total. The van der Waals surface area contributed by atoms with E-state index in [1.807, 2.05) is 6.92 Å². The van der Waals surface area contributed by atoms with Gasteiger partial charge in [0.05, 0.1) is 0 Å². The van der Waals surface area contributed by atoms with Crippen molar-refractivity contribution in [2.24, 2.45) is 5.92 Å². The first-order valence-corrected chi connectivity index (χ1v) is 4.82. The van der Waals surface area contributed by atoms with Crippen LogP contribution in [-0.2, 0) is 4.79 Å². The molecule has 0 aromatic rings. The van der Waals surface area contributed by atoms with Gasteiger partial charge in [-0.3, -0.25) is 4.79 Å². The highest BCUT2D eigenvalue weighted by molar-refractivity contribution is 8.22. The van der Waals surface area contributed by atoms with Crippen LogP contribution in [-0.4, -0.2) is 22.9 Å². The number of rotatable bonds is 3. The van der Waals surface area contributed by atoms with Crippen LogP contribution in [0.25, 0.3) is 0 Å². The monoisotopic (exact) mass is 191 g/mol. The number of nitrogens with one attached hydrogen (secondary N) is 1. The Balaban J connectivity index is 3.54. The summed E-state index contributed by atoms with van der Waals surface area (Å²) in [7, 11) is 1.79. The predicted molar refractivity (Wildman–Crippen MR) is 54.0 cm³/mol. The zero-order valence-corrected chi connectivity index (χ0v) is 8.64. The normalized spacial score (nSPS) is 12.3. The van der Waals surface area contributed by atoms with E-state index in [1.165, 1.54) is 11.8 Å². The van der Waals surface area contributed by atoms with Gasteiger partial charge in [-0.1, -0.05) is 30.9 Å². The van der Waals surface area contributed by atoms with Gasteiger partial charge in [-0.2, -0.15) is 0 Å². The second-order valence-electron chi connectivity index (χ2n) is 2.36. The molecule has 11 heavy (non-hydrogen) atoms. The van der Waals surface area contributed by atoms with Crippen molar-refractivity contribution in [3.8, 4) is 0 Å². The molecule has 1 atom stereocenters. The molecule has 0 aliphatic rings. The fraction of sp³-hybridized carbons (Fsp3) is 0.714. The van der Waals surface area contributed by atoms with E-state index in [-0.39, 0.29) is 11.7 Å². The third-order valence-corrected chi connectivity index (χ3v) is 3.05. The fourth-order valence-corrected chi connectivity index (χ4v) is 1.37. The summed E-state index contributed by atoms with van der Waals surface area (Å²) >= 11 is 6.41. The first-order valence-electron chi connectivity index (χ1n) is 3.43. The van der Waals surface area contributed by atoms with Crippen LogP contribution >= 0.6 is 24.0 Å². The lowest BCUT2D eigenvalue weighted by molar-refractivity contribution is -0.119. The molecule has 0 saturated carbocycles. The molecular formula is C7H13NOS2.